The third-order valence-electron chi connectivity index (χ3n) is 7.08. The van der Waals surface area contributed by atoms with Gasteiger partial charge >= 0.3 is 12.1 Å². The summed E-state index contributed by atoms with van der Waals surface area (Å²) in [5.41, 5.74) is -0.176. The summed E-state index contributed by atoms with van der Waals surface area (Å²) < 4.78 is 73.2. The lowest BCUT2D eigenvalue weighted by atomic mass is 9.85. The number of hydrogen-bond donors (Lipinski definition) is 2. The highest BCUT2D eigenvalue weighted by atomic mass is 35.5. The van der Waals surface area contributed by atoms with Crippen molar-refractivity contribution in [3.05, 3.63) is 65.7 Å². The summed E-state index contributed by atoms with van der Waals surface area (Å²) in [5.74, 6) is -1.23. The molecule has 2 N–H and O–H groups in total. The van der Waals surface area contributed by atoms with Gasteiger partial charge < -0.3 is 10.1 Å². The van der Waals surface area contributed by atoms with E-state index in [4.69, 9.17) is 16.5 Å². The molecule has 0 radical (unpaired) electrons. The number of benzene rings is 2. The Morgan fingerprint density at radius 1 is 1.02 bits per heavy atom. The Morgan fingerprint density at radius 2 is 1.61 bits per heavy atom. The average Bonchev–Trinajstić information content (AvgIpc) is 2.90. The van der Waals surface area contributed by atoms with Gasteiger partial charge in [-0.05, 0) is 73.2 Å². The molecule has 2 aromatic carbocycles. The van der Waals surface area contributed by atoms with E-state index in [2.05, 4.69) is 10.0 Å². The third kappa shape index (κ3) is 9.16. The minimum absolute atomic E-state index is 0.0925. The maximum atomic E-state index is 13.2. The number of sulfonamides is 1. The second-order valence-corrected chi connectivity index (χ2v) is 12.8. The van der Waals surface area contributed by atoms with Crippen molar-refractivity contribution in [1.29, 1.82) is 0 Å². The van der Waals surface area contributed by atoms with E-state index in [1.165, 1.54) is 4.42 Å². The minimum Gasteiger partial charge on any atom is -0.462 e. The first kappa shape index (κ1) is 32.8. The van der Waals surface area contributed by atoms with E-state index >= 15 is 0 Å². The van der Waals surface area contributed by atoms with Crippen LogP contribution in [0.3, 0.4) is 0 Å². The maximum Gasteiger partial charge on any atom is 0.416 e. The number of amides is 1. The quantitative estimate of drug-likeness (QED) is 0.270. The number of nitrogens with zero attached hydrogens (tertiary/aromatic N) is 1. The van der Waals surface area contributed by atoms with Gasteiger partial charge in [-0.15, -0.1) is 0 Å². The molecule has 0 aliphatic heterocycles. The third-order valence-corrected chi connectivity index (χ3v) is 8.83. The van der Waals surface area contributed by atoms with Gasteiger partial charge in [0.25, 0.3) is 0 Å². The molecule has 0 unspecified atom stereocenters. The molecule has 41 heavy (non-hydrogen) atoms. The smallest absolute Gasteiger partial charge is 0.416 e. The molecule has 1 aliphatic carbocycles. The number of carbonyl (C=O) groups excluding carboxylic acids is 2. The lowest BCUT2D eigenvalue weighted by molar-refractivity contribution is -0.151. The second-order valence-electron chi connectivity index (χ2n) is 10.5. The molecule has 13 heteroatoms. The molecule has 1 fully saturated rings. The topological polar surface area (TPSA) is 105 Å². The highest BCUT2D eigenvalue weighted by Gasteiger charge is 2.33. The van der Waals surface area contributed by atoms with Gasteiger partial charge in [0.15, 0.2) is 0 Å². The van der Waals surface area contributed by atoms with E-state index in [-0.39, 0.29) is 29.2 Å². The molecule has 1 amide bonds. The molecular formula is C28H35ClF3N3O5S. The van der Waals surface area contributed by atoms with E-state index in [9.17, 15) is 31.2 Å². The summed E-state index contributed by atoms with van der Waals surface area (Å²) in [4.78, 5) is 25.6. The summed E-state index contributed by atoms with van der Waals surface area (Å²) in [6.07, 6.45) is -3.00. The molecule has 1 aliphatic rings. The van der Waals surface area contributed by atoms with Crippen molar-refractivity contribution in [2.24, 2.45) is 11.8 Å². The predicted octanol–water partition coefficient (Wildman–Crippen LogP) is 5.05. The Labute approximate surface area is 243 Å². The van der Waals surface area contributed by atoms with E-state index in [1.54, 1.807) is 7.05 Å². The fourth-order valence-corrected chi connectivity index (χ4v) is 6.47. The molecular weight excluding hydrogens is 583 g/mol. The summed E-state index contributed by atoms with van der Waals surface area (Å²) >= 11 is 6.04. The lowest BCUT2D eigenvalue weighted by Gasteiger charge is -2.30. The first-order valence-electron chi connectivity index (χ1n) is 13.3. The Kier molecular flexibility index (Phi) is 11.2. The van der Waals surface area contributed by atoms with Crippen LogP contribution in [0.15, 0.2) is 59.5 Å². The zero-order valence-corrected chi connectivity index (χ0v) is 24.6. The molecule has 226 valence electrons. The minimum atomic E-state index is -4.56. The van der Waals surface area contributed by atoms with Gasteiger partial charge in [-0.1, -0.05) is 44.2 Å². The molecule has 0 spiro atoms. The summed E-state index contributed by atoms with van der Waals surface area (Å²) in [6, 6.07) is 10.7. The zero-order valence-electron chi connectivity index (χ0n) is 23.0. The van der Waals surface area contributed by atoms with Crippen molar-refractivity contribution in [2.45, 2.75) is 68.7 Å². The second kappa shape index (κ2) is 14.0. The van der Waals surface area contributed by atoms with Gasteiger partial charge in [-0.3, -0.25) is 9.59 Å². The van der Waals surface area contributed by atoms with Crippen molar-refractivity contribution in [3.63, 3.8) is 0 Å². The zero-order chi connectivity index (χ0) is 30.4. The fourth-order valence-electron chi connectivity index (χ4n) is 4.86. The van der Waals surface area contributed by atoms with Crippen molar-refractivity contribution in [2.75, 3.05) is 13.7 Å². The first-order chi connectivity index (χ1) is 19.2. The van der Waals surface area contributed by atoms with Crippen LogP contribution in [0.4, 0.5) is 13.2 Å². The number of ether oxygens (including phenoxy) is 1. The molecule has 2 atom stereocenters. The number of hydrogen-bond acceptors (Lipinski definition) is 6. The van der Waals surface area contributed by atoms with E-state index in [0.29, 0.717) is 25.7 Å². The molecule has 0 heterocycles. The van der Waals surface area contributed by atoms with Crippen LogP contribution in [0.1, 0.15) is 56.7 Å². The number of esters is 1. The molecule has 8 nitrogen and oxygen atoms in total. The molecule has 2 aromatic rings. The average molecular weight is 618 g/mol. The van der Waals surface area contributed by atoms with Gasteiger partial charge in [0, 0.05) is 19.0 Å². The molecule has 0 saturated heterocycles. The summed E-state index contributed by atoms with van der Waals surface area (Å²) in [7, 11) is -2.46. The number of nitrogens with one attached hydrogen (secondary N) is 2. The van der Waals surface area contributed by atoms with E-state index in [0.717, 1.165) is 29.8 Å². The van der Waals surface area contributed by atoms with Gasteiger partial charge in [0.1, 0.15) is 12.6 Å². The van der Waals surface area contributed by atoms with Gasteiger partial charge in [0.2, 0.25) is 15.9 Å². The Hall–Kier alpha value is -2.67. The van der Waals surface area contributed by atoms with Gasteiger partial charge in [-0.25, -0.2) is 17.6 Å². The van der Waals surface area contributed by atoms with Crippen LogP contribution in [0.25, 0.3) is 0 Å². The largest absolute Gasteiger partial charge is 0.462 e. The standard InChI is InChI=1S/C28H35ClF3N3O5S/c1-18(2)25(35(3)29)27(37)40-17-24(19-7-5-4-6-8-19)33-26(36)20-9-13-22(14-10-20)34-41(38,39)23-15-11-21(12-16-23)28(30,31)32/h4-8,11-12,15-16,18,20,22,24-25,34H,9-10,13-14,17H2,1-3H3,(H,33,36)/t20?,22?,24-,25+/m1/s1. The van der Waals surface area contributed by atoms with Crippen LogP contribution in [-0.4, -0.2) is 50.5 Å². The summed E-state index contributed by atoms with van der Waals surface area (Å²) in [5, 5.41) is 2.97. The lowest BCUT2D eigenvalue weighted by Crippen LogP contribution is -2.43. The van der Waals surface area contributed by atoms with Gasteiger partial charge in [-0.2, -0.15) is 13.2 Å². The van der Waals surface area contributed by atoms with Crippen LogP contribution >= 0.6 is 11.8 Å². The Balaban J connectivity index is 1.59. The fraction of sp³-hybridized carbons (Fsp3) is 0.500. The number of halogens is 4. The van der Waals surface area contributed by atoms with Gasteiger partial charge in [0.05, 0.1) is 16.5 Å². The normalized spacial score (nSPS) is 19.5. The Morgan fingerprint density at radius 3 is 2.12 bits per heavy atom. The molecule has 0 aromatic heterocycles. The number of alkyl halides is 3. The SMILES string of the molecule is CC(C)[C@@H](C(=O)OC[C@@H](NC(=O)C1CCC(NS(=O)(=O)c2ccc(C(F)(F)F)cc2)CC1)c1ccccc1)N(C)Cl. The maximum absolute atomic E-state index is 13.2. The number of rotatable bonds is 11. The van der Waals surface area contributed by atoms with Crippen molar-refractivity contribution in [3.8, 4) is 0 Å². The van der Waals surface area contributed by atoms with Crippen molar-refractivity contribution < 1.29 is 35.9 Å². The van der Waals surface area contributed by atoms with Crippen LogP contribution in [0, 0.1) is 11.8 Å². The highest BCUT2D eigenvalue weighted by Crippen LogP contribution is 2.31. The van der Waals surface area contributed by atoms with Crippen LogP contribution in [-0.2, 0) is 30.5 Å². The Bertz CT molecular complexity index is 1260. The van der Waals surface area contributed by atoms with Crippen molar-refractivity contribution in [1.82, 2.24) is 14.5 Å². The molecule has 0 bridgehead atoms. The van der Waals surface area contributed by atoms with Crippen LogP contribution in [0.2, 0.25) is 0 Å². The van der Waals surface area contributed by atoms with Crippen molar-refractivity contribution >= 4 is 33.7 Å². The monoisotopic (exact) mass is 617 g/mol. The van der Waals surface area contributed by atoms with E-state index in [1.807, 2.05) is 44.2 Å². The predicted molar refractivity (Wildman–Crippen MR) is 148 cm³/mol. The summed E-state index contributed by atoms with van der Waals surface area (Å²) in [6.45, 7) is 3.60. The molecule has 1 saturated carbocycles. The molecule has 3 rings (SSSR count). The highest BCUT2D eigenvalue weighted by molar-refractivity contribution is 7.89. The van der Waals surface area contributed by atoms with Crippen LogP contribution in [0.5, 0.6) is 0 Å². The van der Waals surface area contributed by atoms with Crippen LogP contribution < -0.4 is 10.0 Å². The number of carbonyl (C=O) groups is 2. The van der Waals surface area contributed by atoms with E-state index < -0.39 is 45.9 Å². The first-order valence-corrected chi connectivity index (χ1v) is 15.1. The number of likely N-dealkylation sites (N-methyl/N-ethyl adjacent to an activating group) is 1.